The number of carboxylic acid groups (broad SMARTS) is 1. The van der Waals surface area contributed by atoms with Crippen LogP contribution < -0.4 is 0 Å². The number of aliphatic carboxylic acids is 1. The Balaban J connectivity index is 1.90. The molecule has 0 saturated heterocycles. The van der Waals surface area contributed by atoms with E-state index >= 15 is 0 Å². The Morgan fingerprint density at radius 1 is 0.917 bits per heavy atom. The van der Waals surface area contributed by atoms with Gasteiger partial charge in [0.15, 0.2) is 0 Å². The normalized spacial score (nSPS) is 11.1. The fourth-order valence-electron chi connectivity index (χ4n) is 3.18. The zero-order valence-electron chi connectivity index (χ0n) is 15.7. The van der Waals surface area contributed by atoms with Crippen molar-refractivity contribution in [2.75, 3.05) is 0 Å². The largest absolute Gasteiger partial charge is 0.481 e. The predicted octanol–water partition coefficient (Wildman–Crippen LogP) is 6.46. The predicted molar refractivity (Wildman–Crippen MR) is 99.6 cm³/mol. The monoisotopic (exact) mass is 336 g/mol. The summed E-state index contributed by atoms with van der Waals surface area (Å²) in [4.78, 5) is 10.4. The first-order valence-corrected chi connectivity index (χ1v) is 9.93. The average Bonchev–Trinajstić information content (AvgIpc) is 2.88. The standard InChI is InChI=1S/C21H36O3/c1-3-14-20-18(2)17-19(24-20)15-12-10-8-6-4-5-7-9-11-13-16-21(22)23/h17H,3-16H2,1-2H3,(H,22,23). The van der Waals surface area contributed by atoms with E-state index in [4.69, 9.17) is 9.52 Å². The molecule has 1 aromatic rings. The fraction of sp³-hybridized carbons (Fsp3) is 0.762. The van der Waals surface area contributed by atoms with Crippen molar-refractivity contribution in [1.82, 2.24) is 0 Å². The molecule has 0 unspecified atom stereocenters. The Hall–Kier alpha value is -1.25. The van der Waals surface area contributed by atoms with E-state index in [0.29, 0.717) is 6.42 Å². The van der Waals surface area contributed by atoms with Crippen LogP contribution in [0.25, 0.3) is 0 Å². The lowest BCUT2D eigenvalue weighted by Crippen LogP contribution is -1.93. The van der Waals surface area contributed by atoms with E-state index in [9.17, 15) is 4.79 Å². The second-order valence-corrected chi connectivity index (χ2v) is 7.00. The zero-order chi connectivity index (χ0) is 17.6. The van der Waals surface area contributed by atoms with Crippen LogP contribution in [-0.4, -0.2) is 11.1 Å². The summed E-state index contributed by atoms with van der Waals surface area (Å²) >= 11 is 0. The van der Waals surface area contributed by atoms with E-state index in [2.05, 4.69) is 19.9 Å². The molecule has 24 heavy (non-hydrogen) atoms. The number of furan rings is 1. The van der Waals surface area contributed by atoms with Gasteiger partial charge in [-0.15, -0.1) is 0 Å². The second kappa shape index (κ2) is 13.1. The maximum absolute atomic E-state index is 10.4. The molecule has 138 valence electrons. The van der Waals surface area contributed by atoms with Gasteiger partial charge in [0.1, 0.15) is 11.5 Å². The molecule has 0 fully saturated rings. The van der Waals surface area contributed by atoms with E-state index in [1.54, 1.807) is 0 Å². The van der Waals surface area contributed by atoms with Crippen LogP contribution in [0.4, 0.5) is 0 Å². The van der Waals surface area contributed by atoms with E-state index in [1.165, 1.54) is 62.7 Å². The highest BCUT2D eigenvalue weighted by molar-refractivity contribution is 5.66. The molecule has 0 amide bonds. The maximum Gasteiger partial charge on any atom is 0.303 e. The molecule has 0 radical (unpaired) electrons. The van der Waals surface area contributed by atoms with E-state index in [-0.39, 0.29) is 0 Å². The van der Waals surface area contributed by atoms with Gasteiger partial charge in [-0.05, 0) is 37.8 Å². The van der Waals surface area contributed by atoms with Gasteiger partial charge in [-0.3, -0.25) is 4.79 Å². The lowest BCUT2D eigenvalue weighted by Gasteiger charge is -2.02. The molecule has 0 aliphatic carbocycles. The van der Waals surface area contributed by atoms with Crippen LogP contribution in [0, 0.1) is 6.92 Å². The molecule has 1 rings (SSSR count). The molecule has 0 saturated carbocycles. The number of hydrogen-bond donors (Lipinski definition) is 1. The number of carboxylic acids is 1. The van der Waals surface area contributed by atoms with Crippen LogP contribution in [0.2, 0.25) is 0 Å². The Morgan fingerprint density at radius 3 is 2.00 bits per heavy atom. The summed E-state index contributed by atoms with van der Waals surface area (Å²) in [6, 6.07) is 2.22. The van der Waals surface area contributed by atoms with E-state index < -0.39 is 5.97 Å². The van der Waals surface area contributed by atoms with Crippen molar-refractivity contribution in [3.8, 4) is 0 Å². The summed E-state index contributed by atoms with van der Waals surface area (Å²) < 4.78 is 5.92. The van der Waals surface area contributed by atoms with Crippen molar-refractivity contribution in [2.24, 2.45) is 0 Å². The zero-order valence-corrected chi connectivity index (χ0v) is 15.7. The molecule has 0 spiro atoms. The molecule has 0 bridgehead atoms. The van der Waals surface area contributed by atoms with E-state index in [1.807, 2.05) is 0 Å². The van der Waals surface area contributed by atoms with Gasteiger partial charge in [-0.2, -0.15) is 0 Å². The Morgan fingerprint density at radius 2 is 1.46 bits per heavy atom. The molecule has 0 aromatic carbocycles. The summed E-state index contributed by atoms with van der Waals surface area (Å²) in [5, 5.41) is 8.56. The minimum atomic E-state index is -0.665. The van der Waals surface area contributed by atoms with Crippen LogP contribution in [0.3, 0.4) is 0 Å². The minimum absolute atomic E-state index is 0.329. The minimum Gasteiger partial charge on any atom is -0.481 e. The number of hydrogen-bond acceptors (Lipinski definition) is 2. The van der Waals surface area contributed by atoms with Crippen molar-refractivity contribution in [2.45, 2.75) is 104 Å². The average molecular weight is 337 g/mol. The van der Waals surface area contributed by atoms with Crippen LogP contribution in [0.5, 0.6) is 0 Å². The van der Waals surface area contributed by atoms with Crippen molar-refractivity contribution in [3.63, 3.8) is 0 Å². The first-order chi connectivity index (χ1) is 11.6. The van der Waals surface area contributed by atoms with Crippen molar-refractivity contribution < 1.29 is 14.3 Å². The Kier molecular flexibility index (Phi) is 11.3. The van der Waals surface area contributed by atoms with Gasteiger partial charge in [0.2, 0.25) is 0 Å². The Bertz CT molecular complexity index is 448. The summed E-state index contributed by atoms with van der Waals surface area (Å²) in [5.74, 6) is 1.68. The third-order valence-corrected chi connectivity index (χ3v) is 4.61. The molecule has 0 aliphatic rings. The number of carbonyl (C=O) groups is 1. The summed E-state index contributed by atoms with van der Waals surface area (Å²) in [6.07, 6.45) is 15.7. The summed E-state index contributed by atoms with van der Waals surface area (Å²) in [7, 11) is 0. The maximum atomic E-state index is 10.4. The van der Waals surface area contributed by atoms with Crippen molar-refractivity contribution in [1.29, 1.82) is 0 Å². The summed E-state index contributed by atoms with van der Waals surface area (Å²) in [5.41, 5.74) is 1.32. The molecular weight excluding hydrogens is 300 g/mol. The third-order valence-electron chi connectivity index (χ3n) is 4.61. The van der Waals surface area contributed by atoms with Crippen LogP contribution in [-0.2, 0) is 17.6 Å². The van der Waals surface area contributed by atoms with Gasteiger partial charge in [0.05, 0.1) is 0 Å². The smallest absolute Gasteiger partial charge is 0.303 e. The van der Waals surface area contributed by atoms with Crippen LogP contribution in [0.15, 0.2) is 10.5 Å². The first-order valence-electron chi connectivity index (χ1n) is 9.93. The molecule has 0 aliphatic heterocycles. The highest BCUT2D eigenvalue weighted by Crippen LogP contribution is 2.19. The summed E-state index contributed by atoms with van der Waals surface area (Å²) in [6.45, 7) is 4.34. The lowest BCUT2D eigenvalue weighted by molar-refractivity contribution is -0.137. The first kappa shape index (κ1) is 20.8. The Labute approximate surface area is 147 Å². The van der Waals surface area contributed by atoms with Gasteiger partial charge >= 0.3 is 5.97 Å². The van der Waals surface area contributed by atoms with Crippen LogP contribution >= 0.6 is 0 Å². The highest BCUT2D eigenvalue weighted by Gasteiger charge is 2.06. The molecule has 1 aromatic heterocycles. The van der Waals surface area contributed by atoms with Crippen molar-refractivity contribution >= 4 is 5.97 Å². The van der Waals surface area contributed by atoms with E-state index in [0.717, 1.165) is 37.9 Å². The van der Waals surface area contributed by atoms with Gasteiger partial charge in [0.25, 0.3) is 0 Å². The van der Waals surface area contributed by atoms with Gasteiger partial charge < -0.3 is 9.52 Å². The number of rotatable bonds is 15. The number of unbranched alkanes of at least 4 members (excludes halogenated alkanes) is 9. The molecular formula is C21H36O3. The van der Waals surface area contributed by atoms with Gasteiger partial charge in [-0.25, -0.2) is 0 Å². The number of aryl methyl sites for hydroxylation is 3. The molecule has 3 heteroatoms. The molecule has 1 N–H and O–H groups in total. The van der Waals surface area contributed by atoms with Gasteiger partial charge in [0, 0.05) is 19.3 Å². The topological polar surface area (TPSA) is 50.4 Å². The third kappa shape index (κ3) is 9.79. The quantitative estimate of drug-likeness (QED) is 0.374. The second-order valence-electron chi connectivity index (χ2n) is 7.00. The lowest BCUT2D eigenvalue weighted by atomic mass is 10.0. The SMILES string of the molecule is CCCc1oc(CCCCCCCCCCCCC(=O)O)cc1C. The van der Waals surface area contributed by atoms with Crippen LogP contribution in [0.1, 0.15) is 101 Å². The molecule has 3 nitrogen and oxygen atoms in total. The van der Waals surface area contributed by atoms with Gasteiger partial charge in [-0.1, -0.05) is 58.3 Å². The molecule has 1 heterocycles. The fourth-order valence-corrected chi connectivity index (χ4v) is 3.18. The van der Waals surface area contributed by atoms with Crippen molar-refractivity contribution in [3.05, 3.63) is 23.2 Å². The molecule has 0 atom stereocenters. The highest BCUT2D eigenvalue weighted by atomic mass is 16.4.